The molecule has 0 unspecified atom stereocenters. The molecule has 1 aliphatic rings. The van der Waals surface area contributed by atoms with Gasteiger partial charge in [0.1, 0.15) is 5.56 Å². The van der Waals surface area contributed by atoms with E-state index in [0.717, 1.165) is 12.1 Å². The number of ether oxygens (including phenoxy) is 2. The first-order valence-electron chi connectivity index (χ1n) is 8.54. The minimum atomic E-state index is -1.23. The number of carbonyl (C=O) groups excluding carboxylic acids is 2. The number of nitrogens with zero attached hydrogens (tertiary/aromatic N) is 2. The topological polar surface area (TPSA) is 99.0 Å². The van der Waals surface area contributed by atoms with Crippen molar-refractivity contribution < 1.29 is 24.0 Å². The van der Waals surface area contributed by atoms with Gasteiger partial charge in [-0.2, -0.15) is 0 Å². The van der Waals surface area contributed by atoms with Crippen LogP contribution in [0.4, 0.5) is 5.69 Å². The monoisotopic (exact) mass is 404 g/mol. The van der Waals surface area contributed by atoms with Crippen molar-refractivity contribution in [1.82, 2.24) is 4.90 Å². The fraction of sp³-hybridized carbons (Fsp3) is 0.263. The average molecular weight is 405 g/mol. The first-order chi connectivity index (χ1) is 13.5. The summed E-state index contributed by atoms with van der Waals surface area (Å²) in [5.41, 5.74) is -0.287. The number of esters is 1. The Bertz CT molecular complexity index is 883. The molecule has 9 heteroatoms. The van der Waals surface area contributed by atoms with Crippen LogP contribution in [0.15, 0.2) is 48.5 Å². The number of morpholine rings is 1. The van der Waals surface area contributed by atoms with Crippen molar-refractivity contribution in [2.75, 3.05) is 26.3 Å². The Kier molecular flexibility index (Phi) is 6.23. The number of amides is 1. The summed E-state index contributed by atoms with van der Waals surface area (Å²) in [5.74, 6) is -1.41. The van der Waals surface area contributed by atoms with Crippen molar-refractivity contribution in [3.05, 3.63) is 74.8 Å². The van der Waals surface area contributed by atoms with Gasteiger partial charge in [-0.15, -0.1) is 0 Å². The van der Waals surface area contributed by atoms with E-state index in [1.54, 1.807) is 35.2 Å². The lowest BCUT2D eigenvalue weighted by atomic mass is 10.1. The maximum Gasteiger partial charge on any atom is 0.346 e. The van der Waals surface area contributed by atoms with E-state index in [-0.39, 0.29) is 10.6 Å². The lowest BCUT2D eigenvalue weighted by Gasteiger charge is -2.30. The van der Waals surface area contributed by atoms with Crippen LogP contribution in [-0.2, 0) is 14.3 Å². The number of carbonyl (C=O) groups is 2. The van der Waals surface area contributed by atoms with Gasteiger partial charge in [0.15, 0.2) is 0 Å². The molecule has 0 N–H and O–H groups in total. The van der Waals surface area contributed by atoms with Gasteiger partial charge in [0.05, 0.1) is 18.1 Å². The molecule has 3 rings (SSSR count). The highest BCUT2D eigenvalue weighted by molar-refractivity contribution is 6.31. The predicted molar refractivity (Wildman–Crippen MR) is 100 cm³/mol. The molecule has 0 aromatic heterocycles. The maximum absolute atomic E-state index is 13.0. The normalized spacial score (nSPS) is 15.0. The maximum atomic E-state index is 13.0. The van der Waals surface area contributed by atoms with Gasteiger partial charge in [0.25, 0.3) is 11.6 Å². The lowest BCUT2D eigenvalue weighted by molar-refractivity contribution is -0.385. The fourth-order valence-corrected chi connectivity index (χ4v) is 3.01. The highest BCUT2D eigenvalue weighted by atomic mass is 35.5. The average Bonchev–Trinajstić information content (AvgIpc) is 2.72. The number of nitro benzene ring substituents is 1. The first kappa shape index (κ1) is 19.8. The van der Waals surface area contributed by atoms with Crippen LogP contribution < -0.4 is 0 Å². The Balaban J connectivity index is 1.91. The van der Waals surface area contributed by atoms with Gasteiger partial charge in [0, 0.05) is 29.7 Å². The van der Waals surface area contributed by atoms with Crippen molar-refractivity contribution in [3.63, 3.8) is 0 Å². The van der Waals surface area contributed by atoms with Crippen molar-refractivity contribution in [2.45, 2.75) is 6.10 Å². The van der Waals surface area contributed by atoms with Gasteiger partial charge in [-0.25, -0.2) is 4.79 Å². The summed E-state index contributed by atoms with van der Waals surface area (Å²) in [6.07, 6.45) is -1.23. The summed E-state index contributed by atoms with van der Waals surface area (Å²) in [7, 11) is 0. The van der Waals surface area contributed by atoms with Gasteiger partial charge in [0.2, 0.25) is 6.10 Å². The Morgan fingerprint density at radius 3 is 2.46 bits per heavy atom. The summed E-state index contributed by atoms with van der Waals surface area (Å²) >= 11 is 5.88. The van der Waals surface area contributed by atoms with E-state index in [1.165, 1.54) is 6.07 Å². The Labute approximate surface area is 165 Å². The number of hydrogen-bond donors (Lipinski definition) is 0. The van der Waals surface area contributed by atoms with Crippen molar-refractivity contribution >= 4 is 29.2 Å². The number of rotatable bonds is 5. The molecule has 0 radical (unpaired) electrons. The van der Waals surface area contributed by atoms with Gasteiger partial charge >= 0.3 is 5.97 Å². The third-order valence-corrected chi connectivity index (χ3v) is 4.48. The van der Waals surface area contributed by atoms with Crippen molar-refractivity contribution in [2.24, 2.45) is 0 Å². The van der Waals surface area contributed by atoms with Crippen LogP contribution in [0.5, 0.6) is 0 Å². The molecule has 2 aromatic rings. The lowest BCUT2D eigenvalue weighted by Crippen LogP contribution is -2.44. The number of benzene rings is 2. The Hall–Kier alpha value is -2.97. The van der Waals surface area contributed by atoms with Crippen LogP contribution in [0.1, 0.15) is 22.0 Å². The van der Waals surface area contributed by atoms with Crippen LogP contribution in [-0.4, -0.2) is 48.0 Å². The third-order valence-electron chi connectivity index (χ3n) is 4.25. The van der Waals surface area contributed by atoms with E-state index < -0.39 is 28.6 Å². The summed E-state index contributed by atoms with van der Waals surface area (Å²) in [6.45, 7) is 1.52. The second-order valence-electron chi connectivity index (χ2n) is 6.05. The third kappa shape index (κ3) is 4.47. The largest absolute Gasteiger partial charge is 0.443 e. The van der Waals surface area contributed by atoms with Crippen LogP contribution in [0, 0.1) is 10.1 Å². The molecule has 0 saturated carbocycles. The smallest absolute Gasteiger partial charge is 0.346 e. The quantitative estimate of drug-likeness (QED) is 0.431. The summed E-state index contributed by atoms with van der Waals surface area (Å²) < 4.78 is 10.7. The van der Waals surface area contributed by atoms with E-state index in [9.17, 15) is 19.7 Å². The number of halogens is 1. The van der Waals surface area contributed by atoms with Crippen LogP contribution in [0.2, 0.25) is 5.02 Å². The standard InChI is InChI=1S/C19H17ClN2O6/c20-14-6-7-16(22(25)26)15(12-14)19(24)28-17(13-4-2-1-3-5-13)18(23)21-8-10-27-11-9-21/h1-7,12,17H,8-11H2/t17-/m1/s1. The van der Waals surface area contributed by atoms with E-state index in [2.05, 4.69) is 0 Å². The fourth-order valence-electron chi connectivity index (χ4n) is 2.84. The molecule has 1 fully saturated rings. The molecule has 28 heavy (non-hydrogen) atoms. The molecule has 0 aliphatic carbocycles. The molecule has 0 spiro atoms. The Morgan fingerprint density at radius 2 is 1.82 bits per heavy atom. The van der Waals surface area contributed by atoms with E-state index in [0.29, 0.717) is 31.9 Å². The van der Waals surface area contributed by atoms with Crippen LogP contribution >= 0.6 is 11.6 Å². The SMILES string of the molecule is O=C(O[C@@H](C(=O)N1CCOCC1)c1ccccc1)c1cc(Cl)ccc1[N+](=O)[O-]. The molecule has 2 aromatic carbocycles. The zero-order valence-corrected chi connectivity index (χ0v) is 15.5. The second kappa shape index (κ2) is 8.81. The highest BCUT2D eigenvalue weighted by Gasteiger charge is 2.32. The number of hydrogen-bond acceptors (Lipinski definition) is 6. The molecular formula is C19H17ClN2O6. The molecule has 1 atom stereocenters. The van der Waals surface area contributed by atoms with E-state index >= 15 is 0 Å². The molecule has 1 amide bonds. The second-order valence-corrected chi connectivity index (χ2v) is 6.49. The summed E-state index contributed by atoms with van der Waals surface area (Å²) in [5, 5.41) is 11.4. The highest BCUT2D eigenvalue weighted by Crippen LogP contribution is 2.27. The van der Waals surface area contributed by atoms with Gasteiger partial charge in [-0.05, 0) is 12.1 Å². The van der Waals surface area contributed by atoms with Gasteiger partial charge in [-0.1, -0.05) is 41.9 Å². The summed E-state index contributed by atoms with van der Waals surface area (Å²) in [4.78, 5) is 37.8. The molecule has 1 saturated heterocycles. The predicted octanol–water partition coefficient (Wildman–Crippen LogP) is 3.01. The minimum Gasteiger partial charge on any atom is -0.443 e. The molecule has 8 nitrogen and oxygen atoms in total. The Morgan fingerprint density at radius 1 is 1.14 bits per heavy atom. The minimum absolute atomic E-state index is 0.147. The molecule has 1 aliphatic heterocycles. The van der Waals surface area contributed by atoms with Crippen molar-refractivity contribution in [3.8, 4) is 0 Å². The zero-order valence-electron chi connectivity index (χ0n) is 14.7. The van der Waals surface area contributed by atoms with Gasteiger partial charge < -0.3 is 14.4 Å². The molecule has 146 valence electrons. The summed E-state index contributed by atoms with van der Waals surface area (Å²) in [6, 6.07) is 12.1. The molecule has 1 heterocycles. The van der Waals surface area contributed by atoms with E-state index in [1.807, 2.05) is 0 Å². The van der Waals surface area contributed by atoms with Crippen LogP contribution in [0.3, 0.4) is 0 Å². The zero-order chi connectivity index (χ0) is 20.1. The van der Waals surface area contributed by atoms with Crippen LogP contribution in [0.25, 0.3) is 0 Å². The van der Waals surface area contributed by atoms with Gasteiger partial charge in [-0.3, -0.25) is 14.9 Å². The molecule has 0 bridgehead atoms. The first-order valence-corrected chi connectivity index (χ1v) is 8.91. The number of nitro groups is 1. The van der Waals surface area contributed by atoms with E-state index in [4.69, 9.17) is 21.1 Å². The molecular weight excluding hydrogens is 388 g/mol. The van der Waals surface area contributed by atoms with Crippen molar-refractivity contribution in [1.29, 1.82) is 0 Å².